The summed E-state index contributed by atoms with van der Waals surface area (Å²) in [6.07, 6.45) is 0. The smallest absolute Gasteiger partial charge is 0.274 e. The Bertz CT molecular complexity index is 1160. The Kier molecular flexibility index (Phi) is 8.24. The number of rotatable bonds is 9. The summed E-state index contributed by atoms with van der Waals surface area (Å²) in [5, 5.41) is 11.7. The molecule has 0 unspecified atom stereocenters. The summed E-state index contributed by atoms with van der Waals surface area (Å²) >= 11 is 0. The number of likely N-dealkylation sites (N-methyl/N-ethyl adjacent to an activating group) is 1. The van der Waals surface area contributed by atoms with Crippen molar-refractivity contribution in [2.24, 2.45) is 0 Å². The Morgan fingerprint density at radius 3 is 2.24 bits per heavy atom. The van der Waals surface area contributed by atoms with Crippen LogP contribution in [0.5, 0.6) is 11.5 Å². The van der Waals surface area contributed by atoms with Gasteiger partial charge in [0, 0.05) is 29.4 Å². The van der Waals surface area contributed by atoms with Crippen LogP contribution in [0.2, 0.25) is 0 Å². The molecule has 8 nitrogen and oxygen atoms in total. The highest BCUT2D eigenvalue weighted by atomic mass is 16.5. The number of ether oxygens (including phenoxy) is 2. The van der Waals surface area contributed by atoms with Gasteiger partial charge in [0.25, 0.3) is 11.8 Å². The fraction of sp³-hybridized carbons (Fsp3) is 0.231. The van der Waals surface area contributed by atoms with Gasteiger partial charge in [-0.05, 0) is 74.1 Å². The van der Waals surface area contributed by atoms with Gasteiger partial charge < -0.3 is 19.7 Å². The molecule has 34 heavy (non-hydrogen) atoms. The quantitative estimate of drug-likeness (QED) is 0.328. The standard InChI is InChI=1S/C26H29N3O5/c1-17-15-20(26(31)28-32)9-11-22(17)18-5-7-19(8-6-18)25(30)27-21-10-12-23(33-4)24(16-21)34-14-13-29(2)3/h5-12,15-16,32H,13-14H2,1-4H3,(H,27,30)(H,28,31). The molecule has 3 rings (SSSR count). The number of carbonyl (C=O) groups excluding carboxylic acids is 2. The molecule has 0 bridgehead atoms. The molecule has 178 valence electrons. The summed E-state index contributed by atoms with van der Waals surface area (Å²) in [6, 6.07) is 17.6. The molecular weight excluding hydrogens is 434 g/mol. The summed E-state index contributed by atoms with van der Waals surface area (Å²) in [5.41, 5.74) is 5.81. The van der Waals surface area contributed by atoms with Gasteiger partial charge >= 0.3 is 0 Å². The van der Waals surface area contributed by atoms with Crippen LogP contribution in [0, 0.1) is 6.92 Å². The average molecular weight is 464 g/mol. The van der Waals surface area contributed by atoms with Crippen LogP contribution in [0.15, 0.2) is 60.7 Å². The van der Waals surface area contributed by atoms with Crippen molar-refractivity contribution in [1.82, 2.24) is 10.4 Å². The maximum Gasteiger partial charge on any atom is 0.274 e. The molecule has 3 aromatic carbocycles. The van der Waals surface area contributed by atoms with Gasteiger partial charge in [-0.3, -0.25) is 14.8 Å². The lowest BCUT2D eigenvalue weighted by Crippen LogP contribution is -2.19. The predicted molar refractivity (Wildman–Crippen MR) is 131 cm³/mol. The number of hydroxylamine groups is 1. The molecule has 2 amide bonds. The van der Waals surface area contributed by atoms with E-state index in [2.05, 4.69) is 5.32 Å². The molecule has 0 heterocycles. The number of amides is 2. The van der Waals surface area contributed by atoms with Gasteiger partial charge in [-0.15, -0.1) is 0 Å². The molecule has 3 N–H and O–H groups in total. The largest absolute Gasteiger partial charge is 0.493 e. The fourth-order valence-electron chi connectivity index (χ4n) is 3.40. The van der Waals surface area contributed by atoms with Crippen molar-refractivity contribution in [3.05, 3.63) is 77.4 Å². The van der Waals surface area contributed by atoms with Gasteiger partial charge in [0.1, 0.15) is 6.61 Å². The van der Waals surface area contributed by atoms with E-state index in [1.54, 1.807) is 55.1 Å². The molecule has 0 fully saturated rings. The summed E-state index contributed by atoms with van der Waals surface area (Å²) in [4.78, 5) is 26.4. The number of benzene rings is 3. The Balaban J connectivity index is 1.72. The van der Waals surface area contributed by atoms with Crippen molar-refractivity contribution in [2.45, 2.75) is 6.92 Å². The monoisotopic (exact) mass is 463 g/mol. The van der Waals surface area contributed by atoms with Crippen LogP contribution in [0.1, 0.15) is 26.3 Å². The number of nitrogens with one attached hydrogen (secondary N) is 2. The molecule has 0 radical (unpaired) electrons. The van der Waals surface area contributed by atoms with E-state index in [-0.39, 0.29) is 5.91 Å². The molecule has 0 atom stereocenters. The van der Waals surface area contributed by atoms with E-state index in [0.717, 1.165) is 23.2 Å². The van der Waals surface area contributed by atoms with Crippen LogP contribution in [-0.4, -0.2) is 56.3 Å². The summed E-state index contributed by atoms with van der Waals surface area (Å²) in [6.45, 7) is 3.13. The first-order valence-electron chi connectivity index (χ1n) is 10.7. The van der Waals surface area contributed by atoms with Crippen molar-refractivity contribution < 1.29 is 24.3 Å². The first-order chi connectivity index (χ1) is 16.3. The van der Waals surface area contributed by atoms with Crippen molar-refractivity contribution >= 4 is 17.5 Å². The number of aryl methyl sites for hydroxylation is 1. The van der Waals surface area contributed by atoms with Gasteiger partial charge in [0.2, 0.25) is 0 Å². The van der Waals surface area contributed by atoms with Crippen molar-refractivity contribution in [2.75, 3.05) is 39.7 Å². The van der Waals surface area contributed by atoms with Gasteiger partial charge in [-0.25, -0.2) is 5.48 Å². The number of methoxy groups -OCH3 is 1. The molecule has 0 saturated carbocycles. The number of hydrogen-bond donors (Lipinski definition) is 3. The molecule has 0 aliphatic rings. The van der Waals surface area contributed by atoms with Crippen LogP contribution < -0.4 is 20.3 Å². The Hall–Kier alpha value is -3.88. The van der Waals surface area contributed by atoms with Crippen LogP contribution in [0.3, 0.4) is 0 Å². The molecule has 3 aromatic rings. The maximum absolute atomic E-state index is 12.8. The second-order valence-electron chi connectivity index (χ2n) is 8.02. The maximum atomic E-state index is 12.8. The fourth-order valence-corrected chi connectivity index (χ4v) is 3.40. The zero-order valence-corrected chi connectivity index (χ0v) is 19.7. The van der Waals surface area contributed by atoms with E-state index in [1.165, 1.54) is 0 Å². The highest BCUT2D eigenvalue weighted by Crippen LogP contribution is 2.31. The van der Waals surface area contributed by atoms with E-state index in [0.29, 0.717) is 34.9 Å². The normalized spacial score (nSPS) is 10.6. The number of carbonyl (C=O) groups is 2. The van der Waals surface area contributed by atoms with Crippen molar-refractivity contribution in [1.29, 1.82) is 0 Å². The Labute approximate surface area is 199 Å². The molecule has 8 heteroatoms. The third-order valence-corrected chi connectivity index (χ3v) is 5.27. The van der Waals surface area contributed by atoms with Crippen molar-refractivity contribution in [3.8, 4) is 22.6 Å². The highest BCUT2D eigenvalue weighted by Gasteiger charge is 2.12. The van der Waals surface area contributed by atoms with Gasteiger partial charge in [-0.2, -0.15) is 0 Å². The van der Waals surface area contributed by atoms with Crippen LogP contribution >= 0.6 is 0 Å². The van der Waals surface area contributed by atoms with Crippen LogP contribution in [-0.2, 0) is 0 Å². The zero-order chi connectivity index (χ0) is 24.7. The third kappa shape index (κ3) is 6.12. The minimum atomic E-state index is -0.563. The molecule has 0 aliphatic carbocycles. The first kappa shape index (κ1) is 24.8. The number of hydrogen-bond acceptors (Lipinski definition) is 6. The minimum Gasteiger partial charge on any atom is -0.493 e. The third-order valence-electron chi connectivity index (χ3n) is 5.27. The molecule has 0 saturated heterocycles. The first-order valence-corrected chi connectivity index (χ1v) is 10.7. The highest BCUT2D eigenvalue weighted by molar-refractivity contribution is 6.04. The summed E-state index contributed by atoms with van der Waals surface area (Å²) < 4.78 is 11.2. The molecule has 0 aromatic heterocycles. The Morgan fingerprint density at radius 2 is 1.62 bits per heavy atom. The van der Waals surface area contributed by atoms with E-state index < -0.39 is 5.91 Å². The molecule has 0 spiro atoms. The minimum absolute atomic E-state index is 0.248. The van der Waals surface area contributed by atoms with E-state index >= 15 is 0 Å². The van der Waals surface area contributed by atoms with Crippen LogP contribution in [0.25, 0.3) is 11.1 Å². The predicted octanol–water partition coefficient (Wildman–Crippen LogP) is 3.98. The molecule has 0 aliphatic heterocycles. The lowest BCUT2D eigenvalue weighted by atomic mass is 9.97. The van der Waals surface area contributed by atoms with Gasteiger partial charge in [0.05, 0.1) is 7.11 Å². The lowest BCUT2D eigenvalue weighted by molar-refractivity contribution is 0.0706. The SMILES string of the molecule is COc1ccc(NC(=O)c2ccc(-c3ccc(C(=O)NO)cc3C)cc2)cc1OCCN(C)C. The van der Waals surface area contributed by atoms with E-state index in [9.17, 15) is 9.59 Å². The summed E-state index contributed by atoms with van der Waals surface area (Å²) in [7, 11) is 5.51. The van der Waals surface area contributed by atoms with Crippen molar-refractivity contribution in [3.63, 3.8) is 0 Å². The zero-order valence-electron chi connectivity index (χ0n) is 19.7. The van der Waals surface area contributed by atoms with Gasteiger partial charge in [0.15, 0.2) is 11.5 Å². The molecular formula is C26H29N3O5. The summed E-state index contributed by atoms with van der Waals surface area (Å²) in [5.74, 6) is 0.347. The van der Waals surface area contributed by atoms with E-state index in [4.69, 9.17) is 14.7 Å². The number of nitrogens with zero attached hydrogens (tertiary/aromatic N) is 1. The number of anilines is 1. The van der Waals surface area contributed by atoms with Gasteiger partial charge in [-0.1, -0.05) is 18.2 Å². The Morgan fingerprint density at radius 1 is 0.912 bits per heavy atom. The lowest BCUT2D eigenvalue weighted by Gasteiger charge is -2.15. The van der Waals surface area contributed by atoms with E-state index in [1.807, 2.05) is 44.1 Å². The topological polar surface area (TPSA) is 100 Å². The van der Waals surface area contributed by atoms with Crippen LogP contribution in [0.4, 0.5) is 5.69 Å². The average Bonchev–Trinajstić information content (AvgIpc) is 2.83. The second-order valence-corrected chi connectivity index (χ2v) is 8.02. The second kappa shape index (κ2) is 11.3.